The molecule has 1 aliphatic carbocycles. The molecule has 0 atom stereocenters. The number of Topliss-reactive ketones (excluding diaryl/α,β-unsaturated/α-hetero) is 1. The minimum Gasteiger partial charge on any atom is -0.378 e. The number of aryl methyl sites for hydroxylation is 1. The van der Waals surface area contributed by atoms with Crippen LogP contribution in [0.15, 0.2) is 29.4 Å². The number of benzene rings is 1. The van der Waals surface area contributed by atoms with Crippen LogP contribution in [0.1, 0.15) is 34.9 Å². The van der Waals surface area contributed by atoms with Crippen molar-refractivity contribution in [2.45, 2.75) is 31.0 Å². The van der Waals surface area contributed by atoms with Crippen molar-refractivity contribution in [1.82, 2.24) is 19.7 Å². The Hall–Kier alpha value is -2.32. The number of thioether (sulfide) groups is 1. The fourth-order valence-electron chi connectivity index (χ4n) is 3.84. The van der Waals surface area contributed by atoms with Crippen LogP contribution >= 0.6 is 11.8 Å². The molecule has 2 aromatic heterocycles. The van der Waals surface area contributed by atoms with E-state index in [4.69, 9.17) is 4.74 Å². The van der Waals surface area contributed by atoms with E-state index in [1.807, 2.05) is 31.2 Å². The largest absolute Gasteiger partial charge is 0.378 e. The van der Waals surface area contributed by atoms with E-state index in [0.717, 1.165) is 72.4 Å². The number of ketones is 1. The molecule has 2 fully saturated rings. The van der Waals surface area contributed by atoms with Crippen LogP contribution in [-0.4, -0.2) is 57.6 Å². The second kappa shape index (κ2) is 7.25. The summed E-state index contributed by atoms with van der Waals surface area (Å²) in [7, 11) is 0. The van der Waals surface area contributed by atoms with Gasteiger partial charge in [-0.2, -0.15) is 0 Å². The Morgan fingerprint density at radius 2 is 2.04 bits per heavy atom. The number of nitrogens with one attached hydrogen (secondary N) is 1. The third kappa shape index (κ3) is 3.20. The molecular weight excluding hydrogens is 374 g/mol. The van der Waals surface area contributed by atoms with Crippen molar-refractivity contribution in [1.29, 1.82) is 0 Å². The van der Waals surface area contributed by atoms with Gasteiger partial charge in [0.1, 0.15) is 0 Å². The fraction of sp³-hybridized carbons (Fsp3) is 0.450. The van der Waals surface area contributed by atoms with Crippen LogP contribution < -0.4 is 4.90 Å². The second-order valence-electron chi connectivity index (χ2n) is 7.37. The normalized spacial score (nSPS) is 17.4. The molecule has 5 rings (SSSR count). The molecule has 1 N–H and O–H groups in total. The number of carbonyl (C=O) groups is 1. The summed E-state index contributed by atoms with van der Waals surface area (Å²) in [6.45, 7) is 5.07. The molecule has 3 heterocycles. The first-order chi connectivity index (χ1) is 13.7. The lowest BCUT2D eigenvalue weighted by atomic mass is 10.1. The first-order valence-electron chi connectivity index (χ1n) is 9.73. The quantitative estimate of drug-likeness (QED) is 0.508. The van der Waals surface area contributed by atoms with E-state index in [-0.39, 0.29) is 5.78 Å². The van der Waals surface area contributed by atoms with E-state index >= 15 is 0 Å². The van der Waals surface area contributed by atoms with E-state index < -0.39 is 0 Å². The zero-order valence-corrected chi connectivity index (χ0v) is 16.7. The Labute approximate surface area is 167 Å². The van der Waals surface area contributed by atoms with Crippen LogP contribution in [0.2, 0.25) is 0 Å². The number of rotatable bonds is 6. The first-order valence-corrected chi connectivity index (χ1v) is 10.7. The fourth-order valence-corrected chi connectivity index (χ4v) is 4.71. The van der Waals surface area contributed by atoms with Gasteiger partial charge in [0.25, 0.3) is 0 Å². The van der Waals surface area contributed by atoms with Gasteiger partial charge in [-0.05, 0) is 25.8 Å². The molecule has 1 aromatic carbocycles. The van der Waals surface area contributed by atoms with Crippen LogP contribution in [-0.2, 0) is 4.74 Å². The minimum atomic E-state index is 0.123. The number of nitrogens with zero attached hydrogens (tertiary/aromatic N) is 4. The van der Waals surface area contributed by atoms with Crippen molar-refractivity contribution in [2.24, 2.45) is 0 Å². The average molecular weight is 398 g/mol. The van der Waals surface area contributed by atoms with Crippen LogP contribution in [0.25, 0.3) is 10.9 Å². The Bertz CT molecular complexity index is 1020. The van der Waals surface area contributed by atoms with Crippen molar-refractivity contribution in [2.75, 3.05) is 37.0 Å². The maximum absolute atomic E-state index is 13.0. The molecule has 8 heteroatoms. The third-order valence-corrected chi connectivity index (χ3v) is 6.30. The Morgan fingerprint density at radius 3 is 2.82 bits per heavy atom. The molecule has 0 amide bonds. The van der Waals surface area contributed by atoms with E-state index in [1.165, 1.54) is 11.8 Å². The predicted octanol–water partition coefficient (Wildman–Crippen LogP) is 3.21. The molecule has 28 heavy (non-hydrogen) atoms. The van der Waals surface area contributed by atoms with Gasteiger partial charge in [0.05, 0.1) is 19.0 Å². The molecule has 0 radical (unpaired) electrons. The zero-order chi connectivity index (χ0) is 19.1. The molecule has 1 aliphatic heterocycles. The maximum atomic E-state index is 13.0. The number of carbonyl (C=O) groups excluding carboxylic acids is 1. The molecule has 0 bridgehead atoms. The van der Waals surface area contributed by atoms with Gasteiger partial charge in [0.2, 0.25) is 5.95 Å². The number of fused-ring (bicyclic) bond motifs is 1. The summed E-state index contributed by atoms with van der Waals surface area (Å²) in [5.41, 5.74) is 2.71. The lowest BCUT2D eigenvalue weighted by Crippen LogP contribution is -2.38. The van der Waals surface area contributed by atoms with E-state index in [0.29, 0.717) is 11.8 Å². The molecule has 0 unspecified atom stereocenters. The van der Waals surface area contributed by atoms with Gasteiger partial charge < -0.3 is 14.6 Å². The lowest BCUT2D eigenvalue weighted by Gasteiger charge is -2.27. The third-order valence-electron chi connectivity index (χ3n) is 5.36. The SMILES string of the molecule is Cc1[nH]c2ccccc2c1C(=O)CSc1nnc(N2CCOCC2)n1C1CC1. The van der Waals surface area contributed by atoms with E-state index in [2.05, 4.69) is 24.6 Å². The summed E-state index contributed by atoms with van der Waals surface area (Å²) < 4.78 is 7.69. The van der Waals surface area contributed by atoms with E-state index in [9.17, 15) is 4.79 Å². The number of aromatic amines is 1. The summed E-state index contributed by atoms with van der Waals surface area (Å²) in [6, 6.07) is 8.41. The lowest BCUT2D eigenvalue weighted by molar-refractivity contribution is 0.102. The summed E-state index contributed by atoms with van der Waals surface area (Å²) in [5, 5.41) is 10.7. The molecule has 1 saturated carbocycles. The molecular formula is C20H23N5O2S. The molecule has 146 valence electrons. The maximum Gasteiger partial charge on any atom is 0.228 e. The number of para-hydroxylation sites is 1. The number of hydrogen-bond acceptors (Lipinski definition) is 6. The van der Waals surface area contributed by atoms with Crippen molar-refractivity contribution >= 4 is 34.4 Å². The number of anilines is 1. The molecule has 0 spiro atoms. The van der Waals surface area contributed by atoms with E-state index in [1.54, 1.807) is 0 Å². The Kier molecular flexibility index (Phi) is 4.60. The Morgan fingerprint density at radius 1 is 1.25 bits per heavy atom. The van der Waals surface area contributed by atoms with Crippen LogP contribution in [0.3, 0.4) is 0 Å². The number of H-pyrrole nitrogens is 1. The topological polar surface area (TPSA) is 76.0 Å². The van der Waals surface area contributed by atoms with Crippen molar-refractivity contribution in [3.63, 3.8) is 0 Å². The molecule has 2 aliphatic rings. The highest BCUT2D eigenvalue weighted by Crippen LogP contribution is 2.41. The highest BCUT2D eigenvalue weighted by Gasteiger charge is 2.32. The highest BCUT2D eigenvalue weighted by atomic mass is 32.2. The van der Waals surface area contributed by atoms with Crippen LogP contribution in [0, 0.1) is 6.92 Å². The average Bonchev–Trinajstić information content (AvgIpc) is 3.37. The van der Waals surface area contributed by atoms with Crippen molar-refractivity contribution < 1.29 is 9.53 Å². The summed E-state index contributed by atoms with van der Waals surface area (Å²) in [6.07, 6.45) is 2.30. The number of hydrogen-bond donors (Lipinski definition) is 1. The number of morpholine rings is 1. The van der Waals surface area contributed by atoms with Gasteiger partial charge in [-0.15, -0.1) is 10.2 Å². The van der Waals surface area contributed by atoms with Gasteiger partial charge in [-0.3, -0.25) is 9.36 Å². The standard InChI is InChI=1S/C20H23N5O2S/c1-13-18(15-4-2-3-5-16(15)21-13)17(26)12-28-20-23-22-19(25(20)14-6-7-14)24-8-10-27-11-9-24/h2-5,14,21H,6-12H2,1H3. The van der Waals surface area contributed by atoms with Gasteiger partial charge in [0.15, 0.2) is 10.9 Å². The summed E-state index contributed by atoms with van der Waals surface area (Å²) in [4.78, 5) is 18.5. The first kappa shape index (κ1) is 17.8. The predicted molar refractivity (Wildman–Crippen MR) is 109 cm³/mol. The van der Waals surface area contributed by atoms with Crippen LogP contribution in [0.5, 0.6) is 0 Å². The number of aromatic nitrogens is 4. The van der Waals surface area contributed by atoms with Gasteiger partial charge in [0, 0.05) is 41.3 Å². The van der Waals surface area contributed by atoms with Gasteiger partial charge in [-0.1, -0.05) is 30.0 Å². The molecule has 7 nitrogen and oxygen atoms in total. The highest BCUT2D eigenvalue weighted by molar-refractivity contribution is 7.99. The minimum absolute atomic E-state index is 0.123. The van der Waals surface area contributed by atoms with Gasteiger partial charge >= 0.3 is 0 Å². The Balaban J connectivity index is 1.37. The smallest absolute Gasteiger partial charge is 0.228 e. The van der Waals surface area contributed by atoms with Crippen LogP contribution in [0.4, 0.5) is 5.95 Å². The summed E-state index contributed by atoms with van der Waals surface area (Å²) in [5.74, 6) is 1.40. The monoisotopic (exact) mass is 397 g/mol. The second-order valence-corrected chi connectivity index (χ2v) is 8.31. The van der Waals surface area contributed by atoms with Crippen molar-refractivity contribution in [3.8, 4) is 0 Å². The molecule has 1 saturated heterocycles. The van der Waals surface area contributed by atoms with Crippen molar-refractivity contribution in [3.05, 3.63) is 35.5 Å². The number of ether oxygens (including phenoxy) is 1. The summed E-state index contributed by atoms with van der Waals surface area (Å²) >= 11 is 1.49. The molecule has 3 aromatic rings. The zero-order valence-electron chi connectivity index (χ0n) is 15.9. The van der Waals surface area contributed by atoms with Gasteiger partial charge in [-0.25, -0.2) is 0 Å².